The standard InChI is InChI=1S/C12H16O4/c1-5-7-8(6-2)9-10(13)15-12(3,4)16-11(9)14/h8-9H,6H2,1-4H3/t8-/m0/s1. The number of carbonyl (C=O) groups excluding carboxylic acids is 2. The van der Waals surface area contributed by atoms with Gasteiger partial charge in [-0.3, -0.25) is 9.59 Å². The Morgan fingerprint density at radius 3 is 2.19 bits per heavy atom. The molecule has 0 spiro atoms. The first-order valence-corrected chi connectivity index (χ1v) is 5.29. The zero-order valence-electron chi connectivity index (χ0n) is 9.99. The van der Waals surface area contributed by atoms with Gasteiger partial charge in [-0.25, -0.2) is 0 Å². The number of esters is 2. The SMILES string of the molecule is CC#C[C@H](CC)C1C(=O)OC(C)(C)OC1=O. The normalized spacial score (nSPS) is 21.5. The Kier molecular flexibility index (Phi) is 3.58. The molecular weight excluding hydrogens is 208 g/mol. The largest absolute Gasteiger partial charge is 0.422 e. The third-order valence-corrected chi connectivity index (χ3v) is 2.37. The molecule has 0 aliphatic carbocycles. The van der Waals surface area contributed by atoms with Gasteiger partial charge >= 0.3 is 11.9 Å². The summed E-state index contributed by atoms with van der Waals surface area (Å²) in [7, 11) is 0. The van der Waals surface area contributed by atoms with Crippen molar-refractivity contribution in [2.45, 2.75) is 39.9 Å². The van der Waals surface area contributed by atoms with Gasteiger partial charge in [0.2, 0.25) is 0 Å². The van der Waals surface area contributed by atoms with E-state index in [1.807, 2.05) is 6.92 Å². The van der Waals surface area contributed by atoms with Gasteiger partial charge in [-0.1, -0.05) is 12.8 Å². The fourth-order valence-electron chi connectivity index (χ4n) is 1.66. The Labute approximate surface area is 95.3 Å². The van der Waals surface area contributed by atoms with Crippen LogP contribution in [0.4, 0.5) is 0 Å². The van der Waals surface area contributed by atoms with Crippen molar-refractivity contribution in [3.05, 3.63) is 0 Å². The lowest BCUT2D eigenvalue weighted by Gasteiger charge is -2.34. The average Bonchev–Trinajstić information content (AvgIpc) is 2.13. The van der Waals surface area contributed by atoms with Crippen LogP contribution in [0.1, 0.15) is 34.1 Å². The molecular formula is C12H16O4. The molecule has 0 aromatic rings. The number of hydrogen-bond acceptors (Lipinski definition) is 4. The fourth-order valence-corrected chi connectivity index (χ4v) is 1.66. The van der Waals surface area contributed by atoms with Crippen LogP contribution in [-0.2, 0) is 19.1 Å². The molecule has 1 fully saturated rings. The van der Waals surface area contributed by atoms with Gasteiger partial charge in [-0.05, 0) is 13.3 Å². The van der Waals surface area contributed by atoms with E-state index in [9.17, 15) is 9.59 Å². The molecule has 4 heteroatoms. The van der Waals surface area contributed by atoms with Gasteiger partial charge in [0.05, 0.1) is 0 Å². The maximum atomic E-state index is 11.7. The van der Waals surface area contributed by atoms with E-state index < -0.39 is 23.6 Å². The first-order chi connectivity index (χ1) is 7.41. The number of rotatable bonds is 2. The average molecular weight is 224 g/mol. The highest BCUT2D eigenvalue weighted by molar-refractivity contribution is 5.97. The summed E-state index contributed by atoms with van der Waals surface area (Å²) < 4.78 is 10.1. The Hall–Kier alpha value is -1.50. The van der Waals surface area contributed by atoms with E-state index in [1.54, 1.807) is 6.92 Å². The maximum Gasteiger partial charge on any atom is 0.324 e. The van der Waals surface area contributed by atoms with Crippen molar-refractivity contribution in [2.75, 3.05) is 0 Å². The second kappa shape index (κ2) is 4.56. The predicted molar refractivity (Wildman–Crippen MR) is 57.0 cm³/mol. The van der Waals surface area contributed by atoms with Gasteiger partial charge in [0.15, 0.2) is 5.92 Å². The van der Waals surface area contributed by atoms with Crippen molar-refractivity contribution >= 4 is 11.9 Å². The number of hydrogen-bond donors (Lipinski definition) is 0. The molecule has 0 aromatic heterocycles. The lowest BCUT2D eigenvalue weighted by Crippen LogP contribution is -2.48. The van der Waals surface area contributed by atoms with Crippen LogP contribution in [0.2, 0.25) is 0 Å². The van der Waals surface area contributed by atoms with Crippen molar-refractivity contribution in [3.8, 4) is 11.8 Å². The van der Waals surface area contributed by atoms with Crippen LogP contribution in [0.15, 0.2) is 0 Å². The van der Waals surface area contributed by atoms with E-state index in [-0.39, 0.29) is 5.92 Å². The van der Waals surface area contributed by atoms with E-state index in [0.29, 0.717) is 6.42 Å². The minimum absolute atomic E-state index is 0.332. The summed E-state index contributed by atoms with van der Waals surface area (Å²) in [6.45, 7) is 6.61. The molecule has 0 saturated carbocycles. The van der Waals surface area contributed by atoms with Crippen LogP contribution in [0, 0.1) is 23.7 Å². The van der Waals surface area contributed by atoms with Crippen LogP contribution >= 0.6 is 0 Å². The van der Waals surface area contributed by atoms with Crippen LogP contribution in [-0.4, -0.2) is 17.7 Å². The molecule has 0 N–H and O–H groups in total. The molecule has 0 aromatic carbocycles. The van der Waals surface area contributed by atoms with E-state index in [2.05, 4.69) is 11.8 Å². The van der Waals surface area contributed by atoms with E-state index in [4.69, 9.17) is 9.47 Å². The predicted octanol–water partition coefficient (Wildman–Crippen LogP) is 1.49. The number of ether oxygens (including phenoxy) is 2. The van der Waals surface area contributed by atoms with E-state index in [0.717, 1.165) is 0 Å². The minimum Gasteiger partial charge on any atom is -0.422 e. The first-order valence-electron chi connectivity index (χ1n) is 5.29. The van der Waals surface area contributed by atoms with Gasteiger partial charge in [0.25, 0.3) is 5.79 Å². The molecule has 16 heavy (non-hydrogen) atoms. The van der Waals surface area contributed by atoms with Gasteiger partial charge in [-0.2, -0.15) is 0 Å². The third kappa shape index (κ3) is 2.54. The quantitative estimate of drug-likeness (QED) is 0.405. The summed E-state index contributed by atoms with van der Waals surface area (Å²) >= 11 is 0. The first kappa shape index (κ1) is 12.6. The zero-order valence-corrected chi connectivity index (χ0v) is 9.99. The Morgan fingerprint density at radius 1 is 1.31 bits per heavy atom. The molecule has 1 rings (SSSR count). The summed E-state index contributed by atoms with van der Waals surface area (Å²) in [5.41, 5.74) is 0. The van der Waals surface area contributed by atoms with Crippen LogP contribution in [0.25, 0.3) is 0 Å². The molecule has 0 radical (unpaired) electrons. The van der Waals surface area contributed by atoms with Crippen LogP contribution < -0.4 is 0 Å². The van der Waals surface area contributed by atoms with Crippen LogP contribution in [0.3, 0.4) is 0 Å². The van der Waals surface area contributed by atoms with Gasteiger partial charge in [-0.15, -0.1) is 5.92 Å². The topological polar surface area (TPSA) is 52.6 Å². The highest BCUT2D eigenvalue weighted by Crippen LogP contribution is 2.28. The molecule has 1 aliphatic heterocycles. The van der Waals surface area contributed by atoms with E-state index in [1.165, 1.54) is 13.8 Å². The Bertz CT molecular complexity index is 339. The maximum absolute atomic E-state index is 11.7. The Balaban J connectivity index is 2.92. The Morgan fingerprint density at radius 2 is 1.81 bits per heavy atom. The lowest BCUT2D eigenvalue weighted by molar-refractivity contribution is -0.241. The van der Waals surface area contributed by atoms with Gasteiger partial charge in [0, 0.05) is 19.8 Å². The number of carbonyl (C=O) groups is 2. The monoisotopic (exact) mass is 224 g/mol. The molecule has 1 atom stereocenters. The van der Waals surface area contributed by atoms with Crippen molar-refractivity contribution in [2.24, 2.45) is 11.8 Å². The highest BCUT2D eigenvalue weighted by Gasteiger charge is 2.46. The molecule has 1 saturated heterocycles. The van der Waals surface area contributed by atoms with Crippen molar-refractivity contribution in [1.82, 2.24) is 0 Å². The smallest absolute Gasteiger partial charge is 0.324 e. The molecule has 0 bridgehead atoms. The fraction of sp³-hybridized carbons (Fsp3) is 0.667. The molecule has 4 nitrogen and oxygen atoms in total. The molecule has 1 aliphatic rings. The molecule has 1 heterocycles. The molecule has 0 amide bonds. The van der Waals surface area contributed by atoms with Gasteiger partial charge < -0.3 is 9.47 Å². The summed E-state index contributed by atoms with van der Waals surface area (Å²) in [5, 5.41) is 0. The lowest BCUT2D eigenvalue weighted by atomic mass is 9.89. The second-order valence-electron chi connectivity index (χ2n) is 4.13. The minimum atomic E-state index is -1.16. The summed E-state index contributed by atoms with van der Waals surface area (Å²) in [4.78, 5) is 23.4. The van der Waals surface area contributed by atoms with Crippen LogP contribution in [0.5, 0.6) is 0 Å². The summed E-state index contributed by atoms with van der Waals surface area (Å²) in [5.74, 6) is 2.05. The van der Waals surface area contributed by atoms with Crippen molar-refractivity contribution in [1.29, 1.82) is 0 Å². The second-order valence-corrected chi connectivity index (χ2v) is 4.13. The van der Waals surface area contributed by atoms with Gasteiger partial charge in [0.1, 0.15) is 0 Å². The summed E-state index contributed by atoms with van der Waals surface area (Å²) in [6.07, 6.45) is 0.607. The third-order valence-electron chi connectivity index (χ3n) is 2.37. The zero-order chi connectivity index (χ0) is 12.3. The molecule has 0 unspecified atom stereocenters. The summed E-state index contributed by atoms with van der Waals surface area (Å²) in [6, 6.07) is 0. The highest BCUT2D eigenvalue weighted by atomic mass is 16.7. The van der Waals surface area contributed by atoms with E-state index >= 15 is 0 Å². The van der Waals surface area contributed by atoms with Crippen molar-refractivity contribution in [3.63, 3.8) is 0 Å². The number of cyclic esters (lactones) is 2. The van der Waals surface area contributed by atoms with Crippen molar-refractivity contribution < 1.29 is 19.1 Å². The molecule has 88 valence electrons.